The van der Waals surface area contributed by atoms with Gasteiger partial charge in [-0.2, -0.15) is 0 Å². The Morgan fingerprint density at radius 3 is 2.89 bits per heavy atom. The van der Waals surface area contributed by atoms with Gasteiger partial charge in [-0.1, -0.05) is 0 Å². The van der Waals surface area contributed by atoms with Crippen molar-refractivity contribution in [3.05, 3.63) is 24.0 Å². The highest BCUT2D eigenvalue weighted by atomic mass is 35.5. The summed E-state index contributed by atoms with van der Waals surface area (Å²) in [6.45, 7) is 2.41. The number of rotatable bonds is 1. The average molecular weight is 273 g/mol. The average Bonchev–Trinajstić information content (AvgIpc) is 2.25. The minimum atomic E-state index is -0.344. The van der Waals surface area contributed by atoms with E-state index in [0.29, 0.717) is 24.6 Å². The van der Waals surface area contributed by atoms with Crippen LogP contribution in [0, 0.1) is 11.7 Å². The summed E-state index contributed by atoms with van der Waals surface area (Å²) in [5.41, 5.74) is 0.676. The second-order valence-corrected chi connectivity index (χ2v) is 4.31. The van der Waals surface area contributed by atoms with E-state index in [1.165, 1.54) is 12.1 Å². The maximum atomic E-state index is 13.1. The first kappa shape index (κ1) is 13.1. The van der Waals surface area contributed by atoms with E-state index in [4.69, 9.17) is 4.74 Å². The molecule has 6 heteroatoms. The van der Waals surface area contributed by atoms with Crippen LogP contribution < -0.4 is 15.0 Å². The summed E-state index contributed by atoms with van der Waals surface area (Å²) in [5.74, 6) is 0.256. The van der Waals surface area contributed by atoms with E-state index in [1.807, 2.05) is 0 Å². The number of nitrogens with zero attached hydrogens (tertiary/aromatic N) is 1. The standard InChI is InChI=1S/C12H13FN2O2.ClH/c13-9-1-2-10-11(5-9)17-4-3-15(10)12(16)8-6-14-7-8;/h1-2,5,8,14H,3-4,6-7H2;1H. The highest BCUT2D eigenvalue weighted by molar-refractivity contribution is 5.97. The van der Waals surface area contributed by atoms with E-state index >= 15 is 0 Å². The quantitative estimate of drug-likeness (QED) is 0.835. The number of carbonyl (C=O) groups is 1. The van der Waals surface area contributed by atoms with Gasteiger partial charge in [0.15, 0.2) is 0 Å². The van der Waals surface area contributed by atoms with E-state index in [2.05, 4.69) is 5.32 Å². The lowest BCUT2D eigenvalue weighted by Crippen LogP contribution is -2.53. The number of halogens is 2. The molecule has 0 aliphatic carbocycles. The monoisotopic (exact) mass is 272 g/mol. The molecule has 2 aliphatic rings. The Hall–Kier alpha value is -1.33. The lowest BCUT2D eigenvalue weighted by molar-refractivity contribution is -0.124. The number of hydrogen-bond acceptors (Lipinski definition) is 3. The van der Waals surface area contributed by atoms with E-state index in [1.54, 1.807) is 11.0 Å². The fourth-order valence-electron chi connectivity index (χ4n) is 2.11. The molecular weight excluding hydrogens is 259 g/mol. The molecule has 1 N–H and O–H groups in total. The third kappa shape index (κ3) is 2.15. The third-order valence-electron chi connectivity index (χ3n) is 3.18. The zero-order valence-corrected chi connectivity index (χ0v) is 10.5. The highest BCUT2D eigenvalue weighted by Gasteiger charge is 2.32. The Labute approximate surface area is 111 Å². The Morgan fingerprint density at radius 1 is 1.44 bits per heavy atom. The Morgan fingerprint density at radius 2 is 2.22 bits per heavy atom. The molecule has 0 bridgehead atoms. The van der Waals surface area contributed by atoms with E-state index in [0.717, 1.165) is 13.1 Å². The molecule has 0 spiro atoms. The Balaban J connectivity index is 0.00000120. The first-order valence-corrected chi connectivity index (χ1v) is 5.70. The maximum Gasteiger partial charge on any atom is 0.232 e. The molecule has 3 rings (SSSR count). The van der Waals surface area contributed by atoms with Crippen molar-refractivity contribution in [2.45, 2.75) is 0 Å². The molecule has 1 amide bonds. The zero-order valence-electron chi connectivity index (χ0n) is 9.69. The van der Waals surface area contributed by atoms with Gasteiger partial charge in [-0.3, -0.25) is 4.79 Å². The predicted octanol–water partition coefficient (Wildman–Crippen LogP) is 1.19. The molecule has 0 saturated carbocycles. The SMILES string of the molecule is Cl.O=C(C1CNC1)N1CCOc2cc(F)ccc21. The summed E-state index contributed by atoms with van der Waals surface area (Å²) in [6, 6.07) is 4.29. The fourth-order valence-corrected chi connectivity index (χ4v) is 2.11. The number of nitrogens with one attached hydrogen (secondary N) is 1. The van der Waals surface area contributed by atoms with Crippen LogP contribution in [-0.4, -0.2) is 32.1 Å². The first-order valence-electron chi connectivity index (χ1n) is 5.70. The normalized spacial score (nSPS) is 18.2. The number of carbonyl (C=O) groups excluding carboxylic acids is 1. The van der Waals surface area contributed by atoms with Gasteiger partial charge in [0.05, 0.1) is 18.2 Å². The molecule has 2 aliphatic heterocycles. The molecule has 0 radical (unpaired) electrons. The second-order valence-electron chi connectivity index (χ2n) is 4.31. The second kappa shape index (κ2) is 5.12. The van der Waals surface area contributed by atoms with Crippen molar-refractivity contribution in [2.75, 3.05) is 31.1 Å². The van der Waals surface area contributed by atoms with Crippen LogP contribution in [0.1, 0.15) is 0 Å². The summed E-state index contributed by atoms with van der Waals surface area (Å²) >= 11 is 0. The summed E-state index contributed by atoms with van der Waals surface area (Å²) in [7, 11) is 0. The highest BCUT2D eigenvalue weighted by Crippen LogP contribution is 2.33. The molecule has 1 fully saturated rings. The number of fused-ring (bicyclic) bond motifs is 1. The van der Waals surface area contributed by atoms with Gasteiger partial charge >= 0.3 is 0 Å². The van der Waals surface area contributed by atoms with Crippen molar-refractivity contribution >= 4 is 24.0 Å². The fraction of sp³-hybridized carbons (Fsp3) is 0.417. The Kier molecular flexibility index (Phi) is 3.73. The van der Waals surface area contributed by atoms with Crippen molar-refractivity contribution in [3.8, 4) is 5.75 Å². The number of amides is 1. The number of ether oxygens (including phenoxy) is 1. The van der Waals surface area contributed by atoms with Gasteiger partial charge in [0.1, 0.15) is 18.2 Å². The zero-order chi connectivity index (χ0) is 11.8. The number of benzene rings is 1. The lowest BCUT2D eigenvalue weighted by Gasteiger charge is -2.35. The van der Waals surface area contributed by atoms with Crippen LogP contribution >= 0.6 is 12.4 Å². The molecule has 0 aromatic heterocycles. The minimum Gasteiger partial charge on any atom is -0.489 e. The largest absolute Gasteiger partial charge is 0.489 e. The summed E-state index contributed by atoms with van der Waals surface area (Å²) in [4.78, 5) is 13.9. The summed E-state index contributed by atoms with van der Waals surface area (Å²) < 4.78 is 18.4. The van der Waals surface area contributed by atoms with Crippen LogP contribution in [-0.2, 0) is 4.79 Å². The molecular formula is C12H14ClFN2O2. The lowest BCUT2D eigenvalue weighted by atomic mass is 10.0. The van der Waals surface area contributed by atoms with Gasteiger partial charge in [0, 0.05) is 19.2 Å². The van der Waals surface area contributed by atoms with Gasteiger partial charge in [-0.25, -0.2) is 4.39 Å². The third-order valence-corrected chi connectivity index (χ3v) is 3.18. The number of anilines is 1. The van der Waals surface area contributed by atoms with Crippen molar-refractivity contribution < 1.29 is 13.9 Å². The van der Waals surface area contributed by atoms with Crippen LogP contribution in [0.5, 0.6) is 5.75 Å². The molecule has 1 aromatic carbocycles. The molecule has 98 valence electrons. The Bertz CT molecular complexity index is 465. The molecule has 1 aromatic rings. The van der Waals surface area contributed by atoms with Crippen molar-refractivity contribution in [2.24, 2.45) is 5.92 Å². The van der Waals surface area contributed by atoms with E-state index < -0.39 is 0 Å². The van der Waals surface area contributed by atoms with Crippen LogP contribution in [0.15, 0.2) is 18.2 Å². The van der Waals surface area contributed by atoms with Crippen molar-refractivity contribution in [3.63, 3.8) is 0 Å². The van der Waals surface area contributed by atoms with Crippen LogP contribution in [0.2, 0.25) is 0 Å². The van der Waals surface area contributed by atoms with Crippen LogP contribution in [0.3, 0.4) is 0 Å². The molecule has 0 unspecified atom stereocenters. The molecule has 1 saturated heterocycles. The van der Waals surface area contributed by atoms with E-state index in [-0.39, 0.29) is 30.0 Å². The summed E-state index contributed by atoms with van der Waals surface area (Å²) in [6.07, 6.45) is 0. The van der Waals surface area contributed by atoms with Crippen LogP contribution in [0.25, 0.3) is 0 Å². The van der Waals surface area contributed by atoms with Crippen molar-refractivity contribution in [1.29, 1.82) is 0 Å². The first-order chi connectivity index (χ1) is 8.25. The van der Waals surface area contributed by atoms with E-state index in [9.17, 15) is 9.18 Å². The smallest absolute Gasteiger partial charge is 0.232 e. The minimum absolute atomic E-state index is 0. The van der Waals surface area contributed by atoms with Gasteiger partial charge < -0.3 is 15.0 Å². The molecule has 0 atom stereocenters. The maximum absolute atomic E-state index is 13.1. The van der Waals surface area contributed by atoms with Gasteiger partial charge in [-0.15, -0.1) is 12.4 Å². The molecule has 4 nitrogen and oxygen atoms in total. The van der Waals surface area contributed by atoms with Gasteiger partial charge in [0.25, 0.3) is 0 Å². The topological polar surface area (TPSA) is 41.6 Å². The molecule has 18 heavy (non-hydrogen) atoms. The van der Waals surface area contributed by atoms with Crippen molar-refractivity contribution in [1.82, 2.24) is 5.32 Å². The van der Waals surface area contributed by atoms with Gasteiger partial charge in [-0.05, 0) is 12.1 Å². The van der Waals surface area contributed by atoms with Crippen LogP contribution in [0.4, 0.5) is 10.1 Å². The predicted molar refractivity (Wildman–Crippen MR) is 67.9 cm³/mol. The molecule has 2 heterocycles. The summed E-state index contributed by atoms with van der Waals surface area (Å²) in [5, 5.41) is 3.08. The van der Waals surface area contributed by atoms with Gasteiger partial charge in [0.2, 0.25) is 5.91 Å². The number of hydrogen-bond donors (Lipinski definition) is 1.